The van der Waals surface area contributed by atoms with Gasteiger partial charge in [-0.2, -0.15) is 5.10 Å². The summed E-state index contributed by atoms with van der Waals surface area (Å²) in [5, 5.41) is 7.85. The maximum Gasteiger partial charge on any atom is 0.225 e. The van der Waals surface area contributed by atoms with E-state index >= 15 is 0 Å². The van der Waals surface area contributed by atoms with Crippen LogP contribution in [0.5, 0.6) is 0 Å². The zero-order chi connectivity index (χ0) is 18.1. The second-order valence-corrected chi connectivity index (χ2v) is 6.93. The number of nitrogens with zero attached hydrogens (tertiary/aromatic N) is 2. The summed E-state index contributed by atoms with van der Waals surface area (Å²) in [6.07, 6.45) is 2.38. The van der Waals surface area contributed by atoms with Crippen LogP contribution in [-0.2, 0) is 17.6 Å². The Morgan fingerprint density at radius 3 is 2.65 bits per heavy atom. The van der Waals surface area contributed by atoms with Crippen LogP contribution >= 0.6 is 0 Å². The lowest BCUT2D eigenvalue weighted by Crippen LogP contribution is -2.28. The highest BCUT2D eigenvalue weighted by atomic mass is 16.1. The number of benzene rings is 2. The van der Waals surface area contributed by atoms with Crippen molar-refractivity contribution < 1.29 is 4.79 Å². The summed E-state index contributed by atoms with van der Waals surface area (Å²) < 4.78 is 1.92. The summed E-state index contributed by atoms with van der Waals surface area (Å²) in [6, 6.07) is 18.5. The molecule has 0 fully saturated rings. The summed E-state index contributed by atoms with van der Waals surface area (Å²) in [4.78, 5) is 12.7. The molecule has 1 N–H and O–H groups in total. The van der Waals surface area contributed by atoms with E-state index in [0.717, 1.165) is 35.5 Å². The van der Waals surface area contributed by atoms with Gasteiger partial charge in [0.05, 0.1) is 23.8 Å². The van der Waals surface area contributed by atoms with E-state index in [2.05, 4.69) is 28.6 Å². The smallest absolute Gasteiger partial charge is 0.225 e. The van der Waals surface area contributed by atoms with Crippen LogP contribution < -0.4 is 5.32 Å². The van der Waals surface area contributed by atoms with Gasteiger partial charge < -0.3 is 5.32 Å². The first-order valence-corrected chi connectivity index (χ1v) is 9.11. The molecule has 4 heteroatoms. The molecule has 0 bridgehead atoms. The van der Waals surface area contributed by atoms with Gasteiger partial charge in [-0.3, -0.25) is 4.79 Å². The van der Waals surface area contributed by atoms with Crippen molar-refractivity contribution in [2.75, 3.05) is 0 Å². The minimum absolute atomic E-state index is 0.0607. The fourth-order valence-electron chi connectivity index (χ4n) is 3.86. The molecule has 1 unspecified atom stereocenters. The molecule has 0 spiro atoms. The molecule has 3 aromatic rings. The summed E-state index contributed by atoms with van der Waals surface area (Å²) >= 11 is 0. The monoisotopic (exact) mass is 345 g/mol. The van der Waals surface area contributed by atoms with E-state index in [0.29, 0.717) is 6.42 Å². The van der Waals surface area contributed by atoms with E-state index in [9.17, 15) is 4.79 Å². The van der Waals surface area contributed by atoms with Crippen LogP contribution in [0.2, 0.25) is 0 Å². The molecule has 1 aliphatic carbocycles. The number of carbonyl (C=O) groups excluding carboxylic acids is 1. The summed E-state index contributed by atoms with van der Waals surface area (Å²) in [5.74, 6) is 0.0607. The predicted molar refractivity (Wildman–Crippen MR) is 102 cm³/mol. The van der Waals surface area contributed by atoms with Crippen molar-refractivity contribution in [3.05, 3.63) is 82.7 Å². The van der Waals surface area contributed by atoms with Gasteiger partial charge in [0.15, 0.2) is 0 Å². The minimum Gasteiger partial charge on any atom is -0.349 e. The molecule has 1 amide bonds. The normalized spacial score (nSPS) is 15.7. The second-order valence-electron chi connectivity index (χ2n) is 6.93. The zero-order valence-electron chi connectivity index (χ0n) is 15.2. The Bertz CT molecular complexity index is 943. The standard InChI is InChI=1S/C22H23N3O/c1-15-20(16(2)25(24-15)18-9-4-3-5-10-18)14-22(26)23-21-13-12-17-8-6-7-11-19(17)21/h3-11,21H,12-14H2,1-2H3,(H,23,26). The third-order valence-electron chi connectivity index (χ3n) is 5.25. The lowest BCUT2D eigenvalue weighted by Gasteiger charge is -2.14. The van der Waals surface area contributed by atoms with Gasteiger partial charge in [-0.05, 0) is 49.9 Å². The molecular weight excluding hydrogens is 322 g/mol. The molecule has 4 nitrogen and oxygen atoms in total. The van der Waals surface area contributed by atoms with Crippen molar-refractivity contribution in [1.82, 2.24) is 15.1 Å². The van der Waals surface area contributed by atoms with Crippen LogP contribution in [-0.4, -0.2) is 15.7 Å². The first kappa shape index (κ1) is 16.6. The summed E-state index contributed by atoms with van der Waals surface area (Å²) in [6.45, 7) is 4.00. The average molecular weight is 345 g/mol. The van der Waals surface area contributed by atoms with Crippen molar-refractivity contribution in [3.63, 3.8) is 0 Å². The van der Waals surface area contributed by atoms with Crippen molar-refractivity contribution in [2.24, 2.45) is 0 Å². The predicted octanol–water partition coefficient (Wildman–Crippen LogP) is 3.84. The summed E-state index contributed by atoms with van der Waals surface area (Å²) in [5.41, 5.74) is 6.57. The van der Waals surface area contributed by atoms with Gasteiger partial charge in [0.25, 0.3) is 0 Å². The van der Waals surface area contributed by atoms with E-state index in [4.69, 9.17) is 0 Å². The highest BCUT2D eigenvalue weighted by Gasteiger charge is 2.24. The van der Waals surface area contributed by atoms with Crippen molar-refractivity contribution in [2.45, 2.75) is 39.2 Å². The Morgan fingerprint density at radius 1 is 1.12 bits per heavy atom. The van der Waals surface area contributed by atoms with Crippen molar-refractivity contribution in [1.29, 1.82) is 0 Å². The molecule has 0 saturated carbocycles. The van der Waals surface area contributed by atoms with Gasteiger partial charge in [-0.1, -0.05) is 42.5 Å². The first-order valence-electron chi connectivity index (χ1n) is 9.11. The number of hydrogen-bond donors (Lipinski definition) is 1. The Morgan fingerprint density at radius 2 is 1.85 bits per heavy atom. The molecule has 2 aromatic carbocycles. The molecule has 1 atom stereocenters. The topological polar surface area (TPSA) is 46.9 Å². The van der Waals surface area contributed by atoms with Crippen LogP contribution in [0.25, 0.3) is 5.69 Å². The molecule has 1 aromatic heterocycles. The molecule has 26 heavy (non-hydrogen) atoms. The van der Waals surface area contributed by atoms with Crippen LogP contribution in [0.4, 0.5) is 0 Å². The van der Waals surface area contributed by atoms with Gasteiger partial charge in [-0.25, -0.2) is 4.68 Å². The molecule has 1 aliphatic rings. The fraction of sp³-hybridized carbons (Fsp3) is 0.273. The van der Waals surface area contributed by atoms with Crippen LogP contribution in [0.3, 0.4) is 0 Å². The number of para-hydroxylation sites is 1. The third-order valence-corrected chi connectivity index (χ3v) is 5.25. The van der Waals surface area contributed by atoms with Crippen LogP contribution in [0.15, 0.2) is 54.6 Å². The quantitative estimate of drug-likeness (QED) is 0.781. The molecule has 4 rings (SSSR count). The second kappa shape index (κ2) is 6.79. The Hall–Kier alpha value is -2.88. The number of nitrogens with one attached hydrogen (secondary N) is 1. The number of carbonyl (C=O) groups is 1. The highest BCUT2D eigenvalue weighted by Crippen LogP contribution is 2.30. The van der Waals surface area contributed by atoms with Crippen LogP contribution in [0, 0.1) is 13.8 Å². The SMILES string of the molecule is Cc1nn(-c2ccccc2)c(C)c1CC(=O)NC1CCc2ccccc21. The summed E-state index contributed by atoms with van der Waals surface area (Å²) in [7, 11) is 0. The minimum atomic E-state index is 0.0607. The van der Waals surface area contributed by atoms with Gasteiger partial charge in [0.1, 0.15) is 0 Å². The number of fused-ring (bicyclic) bond motifs is 1. The van der Waals surface area contributed by atoms with Gasteiger partial charge in [-0.15, -0.1) is 0 Å². The number of aryl methyl sites for hydroxylation is 2. The number of amides is 1. The highest BCUT2D eigenvalue weighted by molar-refractivity contribution is 5.79. The van der Waals surface area contributed by atoms with E-state index in [1.54, 1.807) is 0 Å². The van der Waals surface area contributed by atoms with Gasteiger partial charge in [0, 0.05) is 11.3 Å². The lowest BCUT2D eigenvalue weighted by atomic mass is 10.1. The maximum atomic E-state index is 12.7. The van der Waals surface area contributed by atoms with E-state index in [1.165, 1.54) is 11.1 Å². The van der Waals surface area contributed by atoms with E-state index in [1.807, 2.05) is 54.9 Å². The number of hydrogen-bond acceptors (Lipinski definition) is 2. The first-order chi connectivity index (χ1) is 12.6. The van der Waals surface area contributed by atoms with Gasteiger partial charge >= 0.3 is 0 Å². The molecule has 1 heterocycles. The Kier molecular flexibility index (Phi) is 4.33. The molecule has 132 valence electrons. The van der Waals surface area contributed by atoms with E-state index in [-0.39, 0.29) is 11.9 Å². The van der Waals surface area contributed by atoms with Crippen LogP contribution in [0.1, 0.15) is 40.5 Å². The maximum absolute atomic E-state index is 12.7. The van der Waals surface area contributed by atoms with Crippen molar-refractivity contribution >= 4 is 5.91 Å². The Balaban J connectivity index is 1.51. The third kappa shape index (κ3) is 3.03. The van der Waals surface area contributed by atoms with Crippen molar-refractivity contribution in [3.8, 4) is 5.69 Å². The number of rotatable bonds is 4. The lowest BCUT2D eigenvalue weighted by molar-refractivity contribution is -0.121. The molecule has 0 saturated heterocycles. The molecular formula is C22H23N3O. The fourth-order valence-corrected chi connectivity index (χ4v) is 3.86. The van der Waals surface area contributed by atoms with Gasteiger partial charge in [0.2, 0.25) is 5.91 Å². The zero-order valence-corrected chi connectivity index (χ0v) is 15.2. The Labute approximate surface area is 153 Å². The number of aromatic nitrogens is 2. The average Bonchev–Trinajstić information content (AvgIpc) is 3.19. The molecule has 0 aliphatic heterocycles. The van der Waals surface area contributed by atoms with E-state index < -0.39 is 0 Å². The molecule has 0 radical (unpaired) electrons. The largest absolute Gasteiger partial charge is 0.349 e.